The Morgan fingerprint density at radius 3 is 1.97 bits per heavy atom. The van der Waals surface area contributed by atoms with E-state index in [0.29, 0.717) is 5.75 Å². The fraction of sp³-hybridized carbons (Fsp3) is 0.417. The van der Waals surface area contributed by atoms with Gasteiger partial charge in [-0.25, -0.2) is 4.79 Å². The smallest absolute Gasteiger partial charge is 0.344 e. The molecule has 0 aliphatic rings. The van der Waals surface area contributed by atoms with Gasteiger partial charge >= 0.3 is 5.97 Å². The molecular formula is C24H31NO4. The molecule has 2 aromatic carbocycles. The Hall–Kier alpha value is -2.82. The summed E-state index contributed by atoms with van der Waals surface area (Å²) in [4.78, 5) is 24.4. The molecule has 0 unspecified atom stereocenters. The van der Waals surface area contributed by atoms with E-state index < -0.39 is 5.97 Å². The van der Waals surface area contributed by atoms with E-state index in [1.807, 2.05) is 50.2 Å². The Kier molecular flexibility index (Phi) is 7.82. The third-order valence-corrected chi connectivity index (χ3v) is 4.55. The number of anilines is 1. The van der Waals surface area contributed by atoms with Crippen molar-refractivity contribution in [3.05, 3.63) is 58.7 Å². The molecule has 2 rings (SSSR count). The second-order valence-corrected chi connectivity index (χ2v) is 7.94. The summed E-state index contributed by atoms with van der Waals surface area (Å²) in [6.45, 7) is 11.7. The third kappa shape index (κ3) is 6.63. The van der Waals surface area contributed by atoms with Crippen LogP contribution in [0.1, 0.15) is 61.8 Å². The van der Waals surface area contributed by atoms with Gasteiger partial charge in [-0.1, -0.05) is 52.0 Å². The molecule has 0 spiro atoms. The first-order chi connectivity index (χ1) is 13.7. The van der Waals surface area contributed by atoms with Gasteiger partial charge in [0.1, 0.15) is 5.75 Å². The molecule has 0 saturated carbocycles. The normalized spacial score (nSPS) is 10.9. The van der Waals surface area contributed by atoms with Gasteiger partial charge in [0, 0.05) is 5.69 Å². The Morgan fingerprint density at radius 1 is 0.897 bits per heavy atom. The van der Waals surface area contributed by atoms with Crippen molar-refractivity contribution in [3.8, 4) is 5.75 Å². The number of aryl methyl sites for hydroxylation is 2. The summed E-state index contributed by atoms with van der Waals surface area (Å²) in [5.74, 6) is 0.187. The van der Waals surface area contributed by atoms with E-state index in [4.69, 9.17) is 9.47 Å². The first-order valence-electron chi connectivity index (χ1n) is 9.96. The molecular weight excluding hydrogens is 366 g/mol. The average molecular weight is 398 g/mol. The van der Waals surface area contributed by atoms with Crippen molar-refractivity contribution >= 4 is 17.6 Å². The Bertz CT molecular complexity index is 825. The molecule has 156 valence electrons. The molecule has 0 radical (unpaired) electrons. The highest BCUT2D eigenvalue weighted by molar-refractivity contribution is 5.94. The molecule has 0 bridgehead atoms. The van der Waals surface area contributed by atoms with Crippen molar-refractivity contribution in [2.75, 3.05) is 18.5 Å². The van der Waals surface area contributed by atoms with Crippen LogP contribution in [0.4, 0.5) is 5.69 Å². The molecule has 2 aromatic rings. The summed E-state index contributed by atoms with van der Waals surface area (Å²) in [7, 11) is 0. The van der Waals surface area contributed by atoms with Gasteiger partial charge in [-0.2, -0.15) is 0 Å². The van der Waals surface area contributed by atoms with Crippen molar-refractivity contribution in [2.45, 2.75) is 53.4 Å². The van der Waals surface area contributed by atoms with Gasteiger partial charge in [-0.05, 0) is 60.1 Å². The lowest BCUT2D eigenvalue weighted by Crippen LogP contribution is -2.24. The van der Waals surface area contributed by atoms with Crippen LogP contribution in [-0.2, 0) is 14.3 Å². The minimum Gasteiger partial charge on any atom is -0.482 e. The number of ether oxygens (including phenoxy) is 2. The fourth-order valence-electron chi connectivity index (χ4n) is 3.22. The number of benzene rings is 2. The van der Waals surface area contributed by atoms with Gasteiger partial charge in [0.25, 0.3) is 5.91 Å². The number of carbonyl (C=O) groups excluding carboxylic acids is 2. The van der Waals surface area contributed by atoms with Crippen LogP contribution < -0.4 is 10.1 Å². The van der Waals surface area contributed by atoms with E-state index in [1.54, 1.807) is 0 Å². The molecule has 1 amide bonds. The van der Waals surface area contributed by atoms with Crippen LogP contribution in [0.15, 0.2) is 36.4 Å². The van der Waals surface area contributed by atoms with E-state index in [1.165, 1.54) is 0 Å². The topological polar surface area (TPSA) is 64.6 Å². The van der Waals surface area contributed by atoms with Gasteiger partial charge in [0.2, 0.25) is 0 Å². The minimum atomic E-state index is -0.583. The van der Waals surface area contributed by atoms with Crippen molar-refractivity contribution in [1.29, 1.82) is 0 Å². The van der Waals surface area contributed by atoms with Gasteiger partial charge in [-0.3, -0.25) is 4.79 Å². The maximum atomic E-state index is 12.4. The van der Waals surface area contributed by atoms with E-state index >= 15 is 0 Å². The van der Waals surface area contributed by atoms with Crippen LogP contribution in [0.25, 0.3) is 0 Å². The quantitative estimate of drug-likeness (QED) is 0.629. The van der Waals surface area contributed by atoms with E-state index in [0.717, 1.165) is 27.9 Å². The van der Waals surface area contributed by atoms with Crippen LogP contribution in [-0.4, -0.2) is 25.1 Å². The number of hydrogen-bond donors (Lipinski definition) is 1. The van der Waals surface area contributed by atoms with Crippen molar-refractivity contribution < 1.29 is 19.1 Å². The number of amides is 1. The minimum absolute atomic E-state index is 0.240. The number of esters is 1. The molecule has 0 aromatic heterocycles. The summed E-state index contributed by atoms with van der Waals surface area (Å²) in [6, 6.07) is 11.7. The average Bonchev–Trinajstić information content (AvgIpc) is 2.63. The molecule has 5 heteroatoms. The van der Waals surface area contributed by atoms with Crippen molar-refractivity contribution in [1.82, 2.24) is 0 Å². The number of nitrogens with one attached hydrogen (secondary N) is 1. The SMILES string of the molecule is Cc1cc(C)cc(OCC(=O)OCC(=O)Nc2c(C(C)C)cccc2C(C)C)c1. The highest BCUT2D eigenvalue weighted by atomic mass is 16.6. The van der Waals surface area contributed by atoms with Crippen LogP contribution >= 0.6 is 0 Å². The molecule has 5 nitrogen and oxygen atoms in total. The highest BCUT2D eigenvalue weighted by Gasteiger charge is 2.17. The predicted octanol–water partition coefficient (Wildman–Crippen LogP) is 5.11. The van der Waals surface area contributed by atoms with Crippen LogP contribution in [0, 0.1) is 13.8 Å². The lowest BCUT2D eigenvalue weighted by atomic mass is 9.92. The molecule has 0 saturated heterocycles. The second-order valence-electron chi connectivity index (χ2n) is 7.94. The summed E-state index contributed by atoms with van der Waals surface area (Å²) in [6.07, 6.45) is 0. The second kappa shape index (κ2) is 10.1. The van der Waals surface area contributed by atoms with Gasteiger partial charge < -0.3 is 14.8 Å². The van der Waals surface area contributed by atoms with Crippen LogP contribution in [0.5, 0.6) is 5.75 Å². The number of carbonyl (C=O) groups is 2. The zero-order valence-corrected chi connectivity index (χ0v) is 18.2. The van der Waals surface area contributed by atoms with Gasteiger partial charge in [0.05, 0.1) is 0 Å². The zero-order chi connectivity index (χ0) is 21.6. The number of hydrogen-bond acceptors (Lipinski definition) is 4. The fourth-order valence-corrected chi connectivity index (χ4v) is 3.22. The Labute approximate surface area is 173 Å². The number of para-hydroxylation sites is 1. The first-order valence-corrected chi connectivity index (χ1v) is 9.96. The highest BCUT2D eigenvalue weighted by Crippen LogP contribution is 2.32. The zero-order valence-electron chi connectivity index (χ0n) is 18.2. The molecule has 0 aliphatic heterocycles. The van der Waals surface area contributed by atoms with Crippen molar-refractivity contribution in [2.24, 2.45) is 0 Å². The summed E-state index contributed by atoms with van der Waals surface area (Å²) >= 11 is 0. The van der Waals surface area contributed by atoms with Crippen molar-refractivity contribution in [3.63, 3.8) is 0 Å². The number of rotatable bonds is 8. The molecule has 29 heavy (non-hydrogen) atoms. The molecule has 0 heterocycles. The largest absolute Gasteiger partial charge is 0.482 e. The summed E-state index contributed by atoms with van der Waals surface area (Å²) in [5.41, 5.74) is 5.04. The van der Waals surface area contributed by atoms with Gasteiger partial charge in [-0.15, -0.1) is 0 Å². The van der Waals surface area contributed by atoms with Crippen LogP contribution in [0.3, 0.4) is 0 Å². The summed E-state index contributed by atoms with van der Waals surface area (Å²) < 4.78 is 10.6. The Balaban J connectivity index is 1.93. The Morgan fingerprint density at radius 2 is 1.45 bits per heavy atom. The standard InChI is InChI=1S/C24H31NO4/c1-15(2)20-8-7-9-21(16(3)4)24(20)25-22(26)13-29-23(27)14-28-19-11-17(5)10-18(6)12-19/h7-12,15-16H,13-14H2,1-6H3,(H,25,26). The van der Waals surface area contributed by atoms with Crippen LogP contribution in [0.2, 0.25) is 0 Å². The monoisotopic (exact) mass is 397 g/mol. The first kappa shape index (κ1) is 22.5. The maximum absolute atomic E-state index is 12.4. The maximum Gasteiger partial charge on any atom is 0.344 e. The lowest BCUT2D eigenvalue weighted by Gasteiger charge is -2.20. The lowest BCUT2D eigenvalue weighted by molar-refractivity contribution is -0.149. The molecule has 0 atom stereocenters. The molecule has 0 aliphatic carbocycles. The van der Waals surface area contributed by atoms with E-state index in [2.05, 4.69) is 33.0 Å². The molecule has 1 N–H and O–H groups in total. The molecule has 0 fully saturated rings. The third-order valence-electron chi connectivity index (χ3n) is 4.55. The summed E-state index contributed by atoms with van der Waals surface area (Å²) in [5, 5.41) is 2.93. The van der Waals surface area contributed by atoms with E-state index in [-0.39, 0.29) is 31.0 Å². The van der Waals surface area contributed by atoms with E-state index in [9.17, 15) is 9.59 Å². The van der Waals surface area contributed by atoms with Gasteiger partial charge in [0.15, 0.2) is 13.2 Å². The predicted molar refractivity (Wildman–Crippen MR) is 116 cm³/mol.